The summed E-state index contributed by atoms with van der Waals surface area (Å²) in [5, 5.41) is 3.80. The maximum Gasteiger partial charge on any atom is 0.264 e. The fourth-order valence-electron chi connectivity index (χ4n) is 1.73. The van der Waals surface area contributed by atoms with Gasteiger partial charge in [-0.25, -0.2) is 0 Å². The van der Waals surface area contributed by atoms with Crippen molar-refractivity contribution >= 4 is 17.2 Å². The maximum atomic E-state index is 12.3. The van der Waals surface area contributed by atoms with Gasteiger partial charge in [-0.15, -0.1) is 11.3 Å². The highest BCUT2D eigenvalue weighted by Crippen LogP contribution is 2.30. The van der Waals surface area contributed by atoms with Gasteiger partial charge in [-0.05, 0) is 17.5 Å². The second-order valence-corrected chi connectivity index (χ2v) is 6.89. The molecule has 2 aromatic rings. The number of carbonyl (C=O) groups is 1. The number of thiophene rings is 1. The molecule has 0 saturated carbocycles. The topological polar surface area (TPSA) is 59.2 Å². The van der Waals surface area contributed by atoms with Crippen LogP contribution in [0, 0.1) is 6.92 Å². The number of hydrogen-bond acceptors (Lipinski definition) is 5. The van der Waals surface area contributed by atoms with E-state index in [4.69, 9.17) is 4.52 Å². The Morgan fingerprint density at radius 1 is 1.40 bits per heavy atom. The monoisotopic (exact) mass is 293 g/mol. The second kappa shape index (κ2) is 5.36. The Morgan fingerprint density at radius 2 is 2.10 bits per heavy atom. The molecule has 5 nitrogen and oxygen atoms in total. The average Bonchev–Trinajstić information content (AvgIpc) is 2.96. The van der Waals surface area contributed by atoms with Crippen molar-refractivity contribution in [3.05, 3.63) is 33.6 Å². The predicted molar refractivity (Wildman–Crippen MR) is 77.9 cm³/mol. The summed E-state index contributed by atoms with van der Waals surface area (Å²) in [7, 11) is 1.74. The molecule has 2 heterocycles. The molecule has 0 radical (unpaired) electrons. The summed E-state index contributed by atoms with van der Waals surface area (Å²) in [5.41, 5.74) is 0.0621. The number of aryl methyl sites for hydroxylation is 1. The number of nitrogens with zero attached hydrogens (tertiary/aromatic N) is 3. The van der Waals surface area contributed by atoms with E-state index in [0.29, 0.717) is 18.3 Å². The van der Waals surface area contributed by atoms with E-state index < -0.39 is 0 Å². The smallest absolute Gasteiger partial charge is 0.264 e. The third kappa shape index (κ3) is 3.25. The molecular formula is C14H19N3O2S. The van der Waals surface area contributed by atoms with Crippen molar-refractivity contribution in [3.8, 4) is 0 Å². The van der Waals surface area contributed by atoms with Crippen LogP contribution in [0.4, 0.5) is 0 Å². The quantitative estimate of drug-likeness (QED) is 0.873. The van der Waals surface area contributed by atoms with Gasteiger partial charge in [0.05, 0.1) is 11.4 Å². The Morgan fingerprint density at radius 3 is 2.60 bits per heavy atom. The molecule has 0 saturated heterocycles. The lowest BCUT2D eigenvalue weighted by Crippen LogP contribution is -2.26. The zero-order chi connectivity index (χ0) is 14.9. The molecule has 2 rings (SSSR count). The van der Waals surface area contributed by atoms with Gasteiger partial charge in [-0.1, -0.05) is 25.9 Å². The highest BCUT2D eigenvalue weighted by Gasteiger charge is 2.21. The van der Waals surface area contributed by atoms with Gasteiger partial charge in [0.1, 0.15) is 0 Å². The van der Waals surface area contributed by atoms with E-state index in [1.807, 2.05) is 12.1 Å². The average molecular weight is 293 g/mol. The van der Waals surface area contributed by atoms with E-state index in [2.05, 4.69) is 30.9 Å². The number of carbonyl (C=O) groups excluding carboxylic acids is 1. The first-order valence-corrected chi connectivity index (χ1v) is 7.24. The van der Waals surface area contributed by atoms with Gasteiger partial charge < -0.3 is 9.42 Å². The van der Waals surface area contributed by atoms with Gasteiger partial charge in [0, 0.05) is 18.8 Å². The summed E-state index contributed by atoms with van der Waals surface area (Å²) in [5.74, 6) is 1.01. The Hall–Kier alpha value is -1.69. The van der Waals surface area contributed by atoms with Crippen molar-refractivity contribution in [1.29, 1.82) is 0 Å². The summed E-state index contributed by atoms with van der Waals surface area (Å²) in [6.45, 7) is 8.49. The standard InChI is InChI=1S/C14H19N3O2S/c1-9-15-12(16-19-9)8-17(5)13(18)10-6-7-11(20-10)14(2,3)4/h6-7H,8H2,1-5H3. The Balaban J connectivity index is 2.09. The molecule has 0 bridgehead atoms. The van der Waals surface area contributed by atoms with Crippen LogP contribution in [0.15, 0.2) is 16.7 Å². The molecule has 0 unspecified atom stereocenters. The van der Waals surface area contributed by atoms with Gasteiger partial charge in [-0.3, -0.25) is 4.79 Å². The first-order valence-electron chi connectivity index (χ1n) is 6.42. The van der Waals surface area contributed by atoms with Crippen molar-refractivity contribution < 1.29 is 9.32 Å². The second-order valence-electron chi connectivity index (χ2n) is 5.80. The van der Waals surface area contributed by atoms with E-state index in [1.165, 1.54) is 16.2 Å². The fourth-order valence-corrected chi connectivity index (χ4v) is 2.79. The summed E-state index contributed by atoms with van der Waals surface area (Å²) >= 11 is 1.54. The molecule has 0 aliphatic rings. The van der Waals surface area contributed by atoms with Gasteiger partial charge in [-0.2, -0.15) is 4.98 Å². The summed E-state index contributed by atoms with van der Waals surface area (Å²) in [4.78, 5) is 20.0. The van der Waals surface area contributed by atoms with Crippen LogP contribution >= 0.6 is 11.3 Å². The van der Waals surface area contributed by atoms with Crippen molar-refractivity contribution in [1.82, 2.24) is 15.0 Å². The summed E-state index contributed by atoms with van der Waals surface area (Å²) < 4.78 is 4.90. The van der Waals surface area contributed by atoms with Crippen LogP contribution < -0.4 is 0 Å². The van der Waals surface area contributed by atoms with Crippen LogP contribution in [0.2, 0.25) is 0 Å². The fraction of sp³-hybridized carbons (Fsp3) is 0.500. The highest BCUT2D eigenvalue weighted by molar-refractivity contribution is 7.14. The lowest BCUT2D eigenvalue weighted by Gasteiger charge is -2.16. The van der Waals surface area contributed by atoms with Crippen LogP contribution in [0.25, 0.3) is 0 Å². The largest absolute Gasteiger partial charge is 0.340 e. The molecule has 0 N–H and O–H groups in total. The van der Waals surface area contributed by atoms with Crippen molar-refractivity contribution in [2.75, 3.05) is 7.05 Å². The molecular weight excluding hydrogens is 274 g/mol. The number of aromatic nitrogens is 2. The first-order chi connectivity index (χ1) is 9.27. The van der Waals surface area contributed by atoms with Crippen molar-refractivity contribution in [2.45, 2.75) is 39.7 Å². The molecule has 0 atom stereocenters. The van der Waals surface area contributed by atoms with Crippen molar-refractivity contribution in [3.63, 3.8) is 0 Å². The molecule has 0 aliphatic carbocycles. The Kier molecular flexibility index (Phi) is 3.94. The van der Waals surface area contributed by atoms with Crippen LogP contribution in [-0.2, 0) is 12.0 Å². The zero-order valence-electron chi connectivity index (χ0n) is 12.4. The van der Waals surface area contributed by atoms with Crippen molar-refractivity contribution in [2.24, 2.45) is 0 Å². The van der Waals surface area contributed by atoms with E-state index in [-0.39, 0.29) is 11.3 Å². The molecule has 6 heteroatoms. The molecule has 2 aromatic heterocycles. The molecule has 20 heavy (non-hydrogen) atoms. The third-order valence-electron chi connectivity index (χ3n) is 2.85. The lowest BCUT2D eigenvalue weighted by molar-refractivity contribution is 0.0785. The normalized spacial score (nSPS) is 11.7. The highest BCUT2D eigenvalue weighted by atomic mass is 32.1. The molecule has 0 aliphatic heterocycles. The Labute approximate surface area is 122 Å². The molecule has 0 fully saturated rings. The summed E-state index contributed by atoms with van der Waals surface area (Å²) in [6.07, 6.45) is 0. The van der Waals surface area contributed by atoms with E-state index >= 15 is 0 Å². The maximum absolute atomic E-state index is 12.3. The third-order valence-corrected chi connectivity index (χ3v) is 4.35. The lowest BCUT2D eigenvalue weighted by atomic mass is 9.95. The van der Waals surface area contributed by atoms with Crippen LogP contribution in [0.1, 0.15) is 47.0 Å². The SMILES string of the molecule is Cc1nc(CN(C)C(=O)c2ccc(C(C)(C)C)s2)no1. The van der Waals surface area contributed by atoms with Crippen LogP contribution in [0.5, 0.6) is 0 Å². The summed E-state index contributed by atoms with van der Waals surface area (Å²) in [6, 6.07) is 3.90. The number of hydrogen-bond donors (Lipinski definition) is 0. The van der Waals surface area contributed by atoms with E-state index in [9.17, 15) is 4.79 Å². The molecule has 1 amide bonds. The van der Waals surface area contributed by atoms with E-state index in [1.54, 1.807) is 18.9 Å². The minimum atomic E-state index is -0.0204. The van der Waals surface area contributed by atoms with Crippen LogP contribution in [-0.4, -0.2) is 28.0 Å². The predicted octanol–water partition coefficient (Wildman–Crippen LogP) is 3.01. The van der Waals surface area contributed by atoms with Gasteiger partial charge in [0.25, 0.3) is 5.91 Å². The zero-order valence-corrected chi connectivity index (χ0v) is 13.2. The number of amides is 1. The number of rotatable bonds is 3. The van der Waals surface area contributed by atoms with Gasteiger partial charge >= 0.3 is 0 Å². The minimum absolute atomic E-state index is 0.0204. The molecule has 108 valence electrons. The minimum Gasteiger partial charge on any atom is -0.340 e. The van der Waals surface area contributed by atoms with Crippen LogP contribution in [0.3, 0.4) is 0 Å². The van der Waals surface area contributed by atoms with Gasteiger partial charge in [0.15, 0.2) is 5.82 Å². The molecule has 0 aromatic carbocycles. The molecule has 0 spiro atoms. The van der Waals surface area contributed by atoms with E-state index in [0.717, 1.165) is 4.88 Å². The first kappa shape index (κ1) is 14.7. The Bertz CT molecular complexity index is 610. The van der Waals surface area contributed by atoms with Gasteiger partial charge in [0.2, 0.25) is 5.89 Å².